The van der Waals surface area contributed by atoms with E-state index in [2.05, 4.69) is 10.3 Å². The van der Waals surface area contributed by atoms with Gasteiger partial charge in [0.15, 0.2) is 0 Å². The number of thiazole rings is 1. The quantitative estimate of drug-likeness (QED) is 0.756. The van der Waals surface area contributed by atoms with E-state index in [0.29, 0.717) is 5.69 Å². The SMILES string of the molecule is Nc1c(C(=O)NCc2csc(=O)[nH]2)cccc1C(F)(F)F. The Kier molecular flexibility index (Phi) is 4.03. The highest BCUT2D eigenvalue weighted by Crippen LogP contribution is 2.34. The standard InChI is InChI=1S/C12H10F3N3O2S/c13-12(14,15)8-3-1-2-7(9(8)16)10(19)17-4-6-5-21-11(20)18-6/h1-3,5H,4,16H2,(H,17,19)(H,18,20). The van der Waals surface area contributed by atoms with E-state index in [9.17, 15) is 22.8 Å². The van der Waals surface area contributed by atoms with Crippen LogP contribution in [0.2, 0.25) is 0 Å². The molecule has 1 heterocycles. The summed E-state index contributed by atoms with van der Waals surface area (Å²) in [5, 5.41) is 3.91. The first kappa shape index (κ1) is 15.1. The van der Waals surface area contributed by atoms with Crippen LogP contribution >= 0.6 is 11.3 Å². The molecule has 0 spiro atoms. The molecule has 1 aromatic carbocycles. The van der Waals surface area contributed by atoms with Crippen molar-refractivity contribution in [3.63, 3.8) is 0 Å². The fourth-order valence-electron chi connectivity index (χ4n) is 1.68. The van der Waals surface area contributed by atoms with E-state index < -0.39 is 23.3 Å². The lowest BCUT2D eigenvalue weighted by Crippen LogP contribution is -2.25. The maximum absolute atomic E-state index is 12.7. The fraction of sp³-hybridized carbons (Fsp3) is 0.167. The second kappa shape index (κ2) is 5.60. The highest BCUT2D eigenvalue weighted by molar-refractivity contribution is 7.07. The van der Waals surface area contributed by atoms with Crippen molar-refractivity contribution in [1.82, 2.24) is 10.3 Å². The van der Waals surface area contributed by atoms with E-state index in [1.165, 1.54) is 11.4 Å². The highest BCUT2D eigenvalue weighted by Gasteiger charge is 2.34. The van der Waals surface area contributed by atoms with Gasteiger partial charge in [0, 0.05) is 11.1 Å². The van der Waals surface area contributed by atoms with Crippen molar-refractivity contribution in [3.05, 3.63) is 50.1 Å². The molecular formula is C12H10F3N3O2S. The van der Waals surface area contributed by atoms with Gasteiger partial charge < -0.3 is 16.0 Å². The van der Waals surface area contributed by atoms with Gasteiger partial charge in [-0.25, -0.2) is 0 Å². The van der Waals surface area contributed by atoms with E-state index in [-0.39, 0.29) is 17.0 Å². The molecule has 2 aromatic rings. The molecule has 4 N–H and O–H groups in total. The molecule has 112 valence electrons. The van der Waals surface area contributed by atoms with Gasteiger partial charge in [0.25, 0.3) is 5.91 Å². The number of anilines is 1. The lowest BCUT2D eigenvalue weighted by Gasteiger charge is -2.13. The summed E-state index contributed by atoms with van der Waals surface area (Å²) in [5.41, 5.74) is 3.93. The number of aromatic nitrogens is 1. The smallest absolute Gasteiger partial charge is 0.398 e. The van der Waals surface area contributed by atoms with Gasteiger partial charge in [-0.15, -0.1) is 0 Å². The molecule has 0 aliphatic rings. The molecule has 1 amide bonds. The molecule has 0 unspecified atom stereocenters. The number of rotatable bonds is 3. The van der Waals surface area contributed by atoms with Crippen molar-refractivity contribution >= 4 is 22.9 Å². The van der Waals surface area contributed by atoms with Crippen molar-refractivity contribution in [2.45, 2.75) is 12.7 Å². The van der Waals surface area contributed by atoms with Crippen LogP contribution in [0.4, 0.5) is 18.9 Å². The van der Waals surface area contributed by atoms with Crippen LogP contribution in [0.5, 0.6) is 0 Å². The minimum absolute atomic E-state index is 0.00669. The maximum Gasteiger partial charge on any atom is 0.418 e. The summed E-state index contributed by atoms with van der Waals surface area (Å²) >= 11 is 0.925. The first-order valence-electron chi connectivity index (χ1n) is 5.69. The van der Waals surface area contributed by atoms with Gasteiger partial charge in [-0.3, -0.25) is 9.59 Å². The maximum atomic E-state index is 12.7. The predicted octanol–water partition coefficient (Wildman–Crippen LogP) is 1.97. The van der Waals surface area contributed by atoms with Gasteiger partial charge >= 0.3 is 11.0 Å². The topological polar surface area (TPSA) is 88.0 Å². The number of nitrogens with two attached hydrogens (primary N) is 1. The van der Waals surface area contributed by atoms with Crippen molar-refractivity contribution < 1.29 is 18.0 Å². The van der Waals surface area contributed by atoms with Gasteiger partial charge in [-0.2, -0.15) is 13.2 Å². The number of alkyl halides is 3. The zero-order chi connectivity index (χ0) is 15.6. The van der Waals surface area contributed by atoms with E-state index in [0.717, 1.165) is 23.5 Å². The molecule has 0 saturated carbocycles. The normalized spacial score (nSPS) is 11.4. The molecule has 21 heavy (non-hydrogen) atoms. The highest BCUT2D eigenvalue weighted by atomic mass is 32.1. The van der Waals surface area contributed by atoms with Crippen molar-refractivity contribution in [2.24, 2.45) is 0 Å². The van der Waals surface area contributed by atoms with Crippen LogP contribution in [0.15, 0.2) is 28.4 Å². The second-order valence-corrected chi connectivity index (χ2v) is 4.96. The van der Waals surface area contributed by atoms with Gasteiger partial charge in [-0.05, 0) is 12.1 Å². The zero-order valence-corrected chi connectivity index (χ0v) is 11.3. The van der Waals surface area contributed by atoms with E-state index in [1.807, 2.05) is 0 Å². The van der Waals surface area contributed by atoms with Crippen LogP contribution in [0, 0.1) is 0 Å². The Balaban J connectivity index is 2.18. The third-order valence-electron chi connectivity index (χ3n) is 2.67. The van der Waals surface area contributed by atoms with Crippen LogP contribution in [0.1, 0.15) is 21.6 Å². The Morgan fingerprint density at radius 2 is 2.10 bits per heavy atom. The Labute approximate surface area is 120 Å². The molecular weight excluding hydrogens is 307 g/mol. The summed E-state index contributed by atoms with van der Waals surface area (Å²) in [6.45, 7) is -0.00669. The third-order valence-corrected chi connectivity index (χ3v) is 3.38. The van der Waals surface area contributed by atoms with E-state index in [1.54, 1.807) is 0 Å². The largest absolute Gasteiger partial charge is 0.418 e. The number of carbonyl (C=O) groups is 1. The van der Waals surface area contributed by atoms with Crippen LogP contribution in [0.25, 0.3) is 0 Å². The Morgan fingerprint density at radius 1 is 1.38 bits per heavy atom. The number of halogens is 3. The lowest BCUT2D eigenvalue weighted by atomic mass is 10.1. The number of amides is 1. The molecule has 0 radical (unpaired) electrons. The molecule has 0 aliphatic heterocycles. The molecule has 0 fully saturated rings. The lowest BCUT2D eigenvalue weighted by molar-refractivity contribution is -0.136. The van der Waals surface area contributed by atoms with Gasteiger partial charge in [0.2, 0.25) is 0 Å². The van der Waals surface area contributed by atoms with Gasteiger partial charge in [0.1, 0.15) is 0 Å². The Morgan fingerprint density at radius 3 is 2.67 bits per heavy atom. The third kappa shape index (κ3) is 3.43. The molecule has 0 atom stereocenters. The number of hydrogen-bond donors (Lipinski definition) is 3. The summed E-state index contributed by atoms with van der Waals surface area (Å²) in [4.78, 5) is 25.0. The van der Waals surface area contributed by atoms with Gasteiger partial charge in [-0.1, -0.05) is 17.4 Å². The molecule has 0 saturated heterocycles. The van der Waals surface area contributed by atoms with Crippen LogP contribution < -0.4 is 15.9 Å². The van der Waals surface area contributed by atoms with Crippen molar-refractivity contribution in [3.8, 4) is 0 Å². The molecule has 5 nitrogen and oxygen atoms in total. The number of nitrogens with one attached hydrogen (secondary N) is 2. The molecule has 1 aromatic heterocycles. The molecule has 2 rings (SSSR count). The number of H-pyrrole nitrogens is 1. The Bertz CT molecular complexity index is 721. The van der Waals surface area contributed by atoms with Crippen molar-refractivity contribution in [2.75, 3.05) is 5.73 Å². The molecule has 0 bridgehead atoms. The van der Waals surface area contributed by atoms with Gasteiger partial charge in [0.05, 0.1) is 23.4 Å². The number of aromatic amines is 1. The monoisotopic (exact) mass is 317 g/mol. The average Bonchev–Trinajstić information content (AvgIpc) is 2.80. The van der Waals surface area contributed by atoms with E-state index in [4.69, 9.17) is 5.73 Å². The van der Waals surface area contributed by atoms with Crippen LogP contribution in [-0.2, 0) is 12.7 Å². The number of nitrogen functional groups attached to an aromatic ring is 1. The van der Waals surface area contributed by atoms with Crippen LogP contribution in [0.3, 0.4) is 0 Å². The number of benzene rings is 1. The minimum Gasteiger partial charge on any atom is -0.398 e. The summed E-state index contributed by atoms with van der Waals surface area (Å²) in [6, 6.07) is 3.12. The number of hydrogen-bond acceptors (Lipinski definition) is 4. The van der Waals surface area contributed by atoms with Crippen molar-refractivity contribution in [1.29, 1.82) is 0 Å². The summed E-state index contributed by atoms with van der Waals surface area (Å²) in [6.07, 6.45) is -4.63. The number of para-hydroxylation sites is 1. The second-order valence-electron chi connectivity index (χ2n) is 4.12. The fourth-order valence-corrected chi connectivity index (χ4v) is 2.26. The molecule has 0 aliphatic carbocycles. The predicted molar refractivity (Wildman–Crippen MR) is 72.0 cm³/mol. The Hall–Kier alpha value is -2.29. The summed E-state index contributed by atoms with van der Waals surface area (Å²) < 4.78 is 38.1. The summed E-state index contributed by atoms with van der Waals surface area (Å²) in [5.74, 6) is -0.745. The minimum atomic E-state index is -4.63. The first-order valence-corrected chi connectivity index (χ1v) is 6.57. The van der Waals surface area contributed by atoms with Crippen LogP contribution in [-0.4, -0.2) is 10.9 Å². The zero-order valence-electron chi connectivity index (χ0n) is 10.5. The molecule has 9 heteroatoms. The summed E-state index contributed by atoms with van der Waals surface area (Å²) in [7, 11) is 0. The number of carbonyl (C=O) groups excluding carboxylic acids is 1. The van der Waals surface area contributed by atoms with E-state index >= 15 is 0 Å². The average molecular weight is 317 g/mol. The first-order chi connectivity index (χ1) is 9.79.